The van der Waals surface area contributed by atoms with Gasteiger partial charge in [-0.05, 0) is 116 Å². The Bertz CT molecular complexity index is 1690. The molecule has 0 radical (unpaired) electrons. The van der Waals surface area contributed by atoms with Crippen LogP contribution in [0.5, 0.6) is 0 Å². The molecule has 9 heteroatoms. The molecular weight excluding hydrogens is 924 g/mol. The van der Waals surface area contributed by atoms with Gasteiger partial charge in [-0.1, -0.05) is 224 Å². The first-order chi connectivity index (χ1) is 35.5. The van der Waals surface area contributed by atoms with Gasteiger partial charge in [0.05, 0.1) is 39.9 Å². The van der Waals surface area contributed by atoms with Crippen LogP contribution in [0.2, 0.25) is 0 Å². The number of aliphatic hydroxyl groups is 1. The first-order valence-electron chi connectivity index (χ1n) is 28.7. The number of nitrogens with one attached hydrogen (secondary N) is 1. The molecule has 0 fully saturated rings. The topological polar surface area (TPSA) is 105 Å². The van der Waals surface area contributed by atoms with Crippen molar-refractivity contribution in [1.82, 2.24) is 5.32 Å². The predicted molar refractivity (Wildman–Crippen MR) is 317 cm³/mol. The molecule has 0 spiro atoms. The number of allylic oxidation sites excluding steroid dienone is 23. The van der Waals surface area contributed by atoms with E-state index in [0.29, 0.717) is 17.4 Å². The lowest BCUT2D eigenvalue weighted by Crippen LogP contribution is -2.45. The van der Waals surface area contributed by atoms with E-state index >= 15 is 0 Å². The van der Waals surface area contributed by atoms with Gasteiger partial charge in [0.15, 0.2) is 0 Å². The fourth-order valence-corrected chi connectivity index (χ4v) is 8.04. The van der Waals surface area contributed by atoms with Crippen molar-refractivity contribution < 1.29 is 32.9 Å². The number of hydrogen-bond acceptors (Lipinski definition) is 5. The molecule has 0 aromatic heterocycles. The summed E-state index contributed by atoms with van der Waals surface area (Å²) in [7, 11) is 1.51. The monoisotopic (exact) mass is 1030 g/mol. The Morgan fingerprint density at radius 3 is 1.26 bits per heavy atom. The minimum Gasteiger partial charge on any atom is -0.387 e. The molecule has 0 aliphatic heterocycles. The fraction of sp³-hybridized carbons (Fsp3) is 0.609. The van der Waals surface area contributed by atoms with E-state index in [4.69, 9.17) is 9.05 Å². The van der Waals surface area contributed by atoms with Crippen LogP contribution in [0.25, 0.3) is 0 Å². The number of nitrogens with zero attached hydrogens (tertiary/aromatic N) is 1. The molecule has 0 aromatic rings. The summed E-state index contributed by atoms with van der Waals surface area (Å²) in [5.74, 6) is -0.210. The minimum absolute atomic E-state index is 0.0431. The maximum absolute atomic E-state index is 13.0. The normalized spacial score (nSPS) is 15.0. The quantitative estimate of drug-likeness (QED) is 0.0243. The van der Waals surface area contributed by atoms with Crippen molar-refractivity contribution in [1.29, 1.82) is 0 Å². The molecule has 0 bridgehead atoms. The van der Waals surface area contributed by atoms with Gasteiger partial charge in [-0.3, -0.25) is 13.8 Å². The smallest absolute Gasteiger partial charge is 0.387 e. The Kier molecular flexibility index (Phi) is 50.6. The summed E-state index contributed by atoms with van der Waals surface area (Å²) < 4.78 is 23.6. The number of phosphoric acid groups is 1. The molecule has 0 saturated heterocycles. The summed E-state index contributed by atoms with van der Waals surface area (Å²) in [6.07, 6.45) is 82.3. The van der Waals surface area contributed by atoms with Crippen LogP contribution in [-0.4, -0.2) is 73.4 Å². The maximum Gasteiger partial charge on any atom is 0.472 e. The van der Waals surface area contributed by atoms with E-state index in [9.17, 15) is 19.4 Å². The second-order valence-electron chi connectivity index (χ2n) is 19.9. The van der Waals surface area contributed by atoms with Crippen molar-refractivity contribution in [3.63, 3.8) is 0 Å². The third-order valence-corrected chi connectivity index (χ3v) is 12.8. The highest BCUT2D eigenvalue weighted by Crippen LogP contribution is 2.43. The molecule has 3 unspecified atom stereocenters. The van der Waals surface area contributed by atoms with Crippen LogP contribution in [0.15, 0.2) is 146 Å². The summed E-state index contributed by atoms with van der Waals surface area (Å²) in [4.78, 5) is 23.3. The zero-order chi connectivity index (χ0) is 53.5. The zero-order valence-electron chi connectivity index (χ0n) is 47.1. The largest absolute Gasteiger partial charge is 0.472 e. The Morgan fingerprint density at radius 2 is 0.836 bits per heavy atom. The van der Waals surface area contributed by atoms with Crippen LogP contribution < -0.4 is 5.32 Å². The molecule has 0 rings (SSSR count). The zero-order valence-corrected chi connectivity index (χ0v) is 48.0. The number of amides is 1. The van der Waals surface area contributed by atoms with Crippen molar-refractivity contribution in [2.45, 2.75) is 212 Å². The maximum atomic E-state index is 13.0. The number of phosphoric ester groups is 1. The number of hydrogen-bond donors (Lipinski definition) is 3. The van der Waals surface area contributed by atoms with Gasteiger partial charge in [-0.25, -0.2) is 4.57 Å². The molecule has 0 saturated carbocycles. The summed E-state index contributed by atoms with van der Waals surface area (Å²) in [5, 5.41) is 13.9. The average Bonchev–Trinajstić information content (AvgIpc) is 3.35. The van der Waals surface area contributed by atoms with Gasteiger partial charge in [-0.2, -0.15) is 0 Å². The summed E-state index contributed by atoms with van der Waals surface area (Å²) in [5.41, 5.74) is 0. The lowest BCUT2D eigenvalue weighted by Gasteiger charge is -2.25. The van der Waals surface area contributed by atoms with Crippen LogP contribution in [0.3, 0.4) is 0 Å². The lowest BCUT2D eigenvalue weighted by molar-refractivity contribution is -0.870. The molecule has 414 valence electrons. The molecule has 73 heavy (non-hydrogen) atoms. The van der Waals surface area contributed by atoms with Gasteiger partial charge >= 0.3 is 7.82 Å². The van der Waals surface area contributed by atoms with E-state index in [0.717, 1.165) is 116 Å². The van der Waals surface area contributed by atoms with E-state index in [1.54, 1.807) is 6.08 Å². The molecule has 0 aliphatic carbocycles. The van der Waals surface area contributed by atoms with Crippen LogP contribution in [-0.2, 0) is 18.4 Å². The molecule has 3 N–H and O–H groups in total. The van der Waals surface area contributed by atoms with Crippen molar-refractivity contribution in [3.8, 4) is 0 Å². The SMILES string of the molecule is CC/C=C\C/C=C\C/C=C\C/C=C\C/C=C\C/C=C\C/C=C\C/C=C\C/C=C\CCCCCCCCCC(=O)NC(COP(=O)(O)OCC[N+](C)(C)C)C(O)/C=C/CC/C=C/CC/C=C/CCCCCCCC. The van der Waals surface area contributed by atoms with Crippen molar-refractivity contribution in [2.24, 2.45) is 0 Å². The van der Waals surface area contributed by atoms with E-state index in [1.807, 2.05) is 27.2 Å². The second-order valence-corrected chi connectivity index (χ2v) is 21.4. The van der Waals surface area contributed by atoms with E-state index in [1.165, 1.54) is 64.2 Å². The Morgan fingerprint density at radius 1 is 0.479 bits per heavy atom. The van der Waals surface area contributed by atoms with Crippen molar-refractivity contribution in [3.05, 3.63) is 146 Å². The average molecular weight is 1030 g/mol. The minimum atomic E-state index is -4.37. The van der Waals surface area contributed by atoms with Crippen LogP contribution in [0.1, 0.15) is 200 Å². The van der Waals surface area contributed by atoms with Gasteiger partial charge in [0.25, 0.3) is 0 Å². The predicted octanol–water partition coefficient (Wildman–Crippen LogP) is 17.7. The number of carbonyl (C=O) groups is 1. The van der Waals surface area contributed by atoms with Crippen molar-refractivity contribution >= 4 is 13.7 Å². The van der Waals surface area contributed by atoms with Gasteiger partial charge in [0, 0.05) is 6.42 Å². The van der Waals surface area contributed by atoms with E-state index < -0.39 is 20.0 Å². The van der Waals surface area contributed by atoms with Gasteiger partial charge < -0.3 is 19.8 Å². The number of carbonyl (C=O) groups excluding carboxylic acids is 1. The molecule has 8 nitrogen and oxygen atoms in total. The first-order valence-corrected chi connectivity index (χ1v) is 30.2. The summed E-state index contributed by atoms with van der Waals surface area (Å²) >= 11 is 0. The molecule has 1 amide bonds. The van der Waals surface area contributed by atoms with Crippen LogP contribution in [0, 0.1) is 0 Å². The molecule has 0 heterocycles. The number of aliphatic hydroxyl groups excluding tert-OH is 1. The van der Waals surface area contributed by atoms with E-state index in [-0.39, 0.29) is 19.1 Å². The van der Waals surface area contributed by atoms with Crippen LogP contribution in [0.4, 0.5) is 0 Å². The fourth-order valence-electron chi connectivity index (χ4n) is 7.30. The summed E-state index contributed by atoms with van der Waals surface area (Å²) in [6.45, 7) is 4.63. The van der Waals surface area contributed by atoms with E-state index in [2.05, 4.69) is 153 Å². The first kappa shape index (κ1) is 69.4. The third-order valence-electron chi connectivity index (χ3n) is 11.8. The van der Waals surface area contributed by atoms with Gasteiger partial charge in [0.2, 0.25) is 5.91 Å². The van der Waals surface area contributed by atoms with Crippen molar-refractivity contribution in [2.75, 3.05) is 40.9 Å². The molecule has 3 atom stereocenters. The Labute approximate surface area is 449 Å². The standard InChI is InChI=1S/C64H107N2O6P/c1-6-8-10-12-14-16-18-20-22-24-25-26-27-28-29-30-31-32-33-34-35-36-37-38-39-40-41-42-44-46-48-50-52-54-56-58-64(68)65-62(61-72-73(69,70)71-60-59-66(3,4)5)63(67)57-55-53-51-49-47-45-43-23-21-19-17-15-13-11-9-7-2/h8,10,14,16,20-23,25-26,28-29,31-32,34-35,37-38,40-41,47,49,55,57,62-63,67H,6-7,9,11-13,15,17-19,24,27,30,33,36,39,42-46,48,50-54,56,58-61H2,1-5H3,(H-,65,68,69,70)/p+1/b10-8-,16-14-,22-20-,23-21+,26-25-,29-28-,32-31-,35-34-,38-37-,41-40-,49-47+,57-55+. The number of unbranched alkanes of at least 4 members (excludes halogenated alkanes) is 15. The second kappa shape index (κ2) is 53.2. The third kappa shape index (κ3) is 56.0. The number of likely N-dealkylation sites (N-methyl/N-ethyl adjacent to an activating group) is 1. The highest BCUT2D eigenvalue weighted by Gasteiger charge is 2.27. The summed E-state index contributed by atoms with van der Waals surface area (Å²) in [6, 6.07) is -0.887. The van der Waals surface area contributed by atoms with Crippen LogP contribution >= 0.6 is 7.82 Å². The highest BCUT2D eigenvalue weighted by atomic mass is 31.2. The lowest BCUT2D eigenvalue weighted by atomic mass is 10.1. The number of rotatable bonds is 50. The Balaban J connectivity index is 4.27. The highest BCUT2D eigenvalue weighted by molar-refractivity contribution is 7.47. The molecule has 0 aromatic carbocycles. The Hall–Kier alpha value is -3.62. The molecular formula is C64H108N2O6P+. The van der Waals surface area contributed by atoms with Gasteiger partial charge in [-0.15, -0.1) is 0 Å². The van der Waals surface area contributed by atoms with Gasteiger partial charge in [0.1, 0.15) is 13.2 Å². The molecule has 0 aliphatic rings. The number of quaternary nitrogens is 1.